The summed E-state index contributed by atoms with van der Waals surface area (Å²) >= 11 is 1.83. The van der Waals surface area contributed by atoms with E-state index in [-0.39, 0.29) is 22.6 Å². The Morgan fingerprint density at radius 2 is 1.74 bits per heavy atom. The standard InChI is InChI=1S/C25H24FN5O2S/c1-16-6-9-22(28-15-16)30-25(33)19-4-2-3-5-21(19)29-24(32)18-8-7-17(14-20(18)26)23(27)31-10-12-34-13-11-31/h2-9,14-15,27H,10-13H2,1H3,(H,29,32)(H,28,30,33). The maximum absolute atomic E-state index is 14.8. The number of anilines is 2. The highest BCUT2D eigenvalue weighted by molar-refractivity contribution is 7.99. The van der Waals surface area contributed by atoms with Crippen LogP contribution in [0.2, 0.25) is 0 Å². The Labute approximate surface area is 201 Å². The number of hydrogen-bond donors (Lipinski definition) is 3. The summed E-state index contributed by atoms with van der Waals surface area (Å²) in [6.45, 7) is 3.37. The molecule has 7 nitrogen and oxygen atoms in total. The molecular weight excluding hydrogens is 453 g/mol. The minimum Gasteiger partial charge on any atom is -0.355 e. The van der Waals surface area contributed by atoms with Crippen molar-refractivity contribution in [2.24, 2.45) is 0 Å². The van der Waals surface area contributed by atoms with Crippen LogP contribution in [0.3, 0.4) is 0 Å². The Bertz CT molecular complexity index is 1230. The highest BCUT2D eigenvalue weighted by atomic mass is 32.2. The molecule has 9 heteroatoms. The van der Waals surface area contributed by atoms with Crippen LogP contribution in [0.1, 0.15) is 31.8 Å². The number of pyridine rings is 1. The van der Waals surface area contributed by atoms with E-state index in [4.69, 9.17) is 5.41 Å². The number of nitrogens with one attached hydrogen (secondary N) is 3. The Kier molecular flexibility index (Phi) is 7.22. The van der Waals surface area contributed by atoms with Crippen molar-refractivity contribution in [3.8, 4) is 0 Å². The third-order valence-corrected chi connectivity index (χ3v) is 6.33. The average Bonchev–Trinajstić information content (AvgIpc) is 2.85. The van der Waals surface area contributed by atoms with Crippen LogP contribution in [0.4, 0.5) is 15.9 Å². The number of aromatic nitrogens is 1. The van der Waals surface area contributed by atoms with Gasteiger partial charge >= 0.3 is 0 Å². The van der Waals surface area contributed by atoms with Crippen LogP contribution >= 0.6 is 11.8 Å². The van der Waals surface area contributed by atoms with Crippen LogP contribution in [-0.2, 0) is 0 Å². The Hall–Kier alpha value is -3.72. The molecule has 0 atom stereocenters. The van der Waals surface area contributed by atoms with Gasteiger partial charge in [-0.05, 0) is 42.8 Å². The van der Waals surface area contributed by atoms with Gasteiger partial charge in [-0.25, -0.2) is 9.37 Å². The number of halogens is 1. The van der Waals surface area contributed by atoms with Crippen molar-refractivity contribution in [3.05, 3.63) is 88.9 Å². The first-order valence-corrected chi connectivity index (χ1v) is 11.9. The van der Waals surface area contributed by atoms with Crippen LogP contribution in [0.5, 0.6) is 0 Å². The predicted molar refractivity (Wildman–Crippen MR) is 133 cm³/mol. The maximum Gasteiger partial charge on any atom is 0.258 e. The van der Waals surface area contributed by atoms with Crippen LogP contribution in [0.25, 0.3) is 0 Å². The summed E-state index contributed by atoms with van der Waals surface area (Å²) in [6, 6.07) is 14.2. The first kappa shape index (κ1) is 23.4. The van der Waals surface area contributed by atoms with Crippen molar-refractivity contribution in [2.45, 2.75) is 6.92 Å². The van der Waals surface area contributed by atoms with Gasteiger partial charge in [-0.15, -0.1) is 0 Å². The van der Waals surface area contributed by atoms with E-state index >= 15 is 0 Å². The number of aryl methyl sites for hydroxylation is 1. The van der Waals surface area contributed by atoms with Crippen molar-refractivity contribution in [1.29, 1.82) is 5.41 Å². The molecule has 2 amide bonds. The number of carbonyl (C=O) groups is 2. The van der Waals surface area contributed by atoms with Gasteiger partial charge in [0.15, 0.2) is 0 Å². The summed E-state index contributed by atoms with van der Waals surface area (Å²) in [5.74, 6) is 0.634. The van der Waals surface area contributed by atoms with E-state index in [2.05, 4.69) is 15.6 Å². The third-order valence-electron chi connectivity index (χ3n) is 5.39. The molecule has 0 spiro atoms. The second-order valence-corrected chi connectivity index (χ2v) is 9.04. The molecule has 0 unspecified atom stereocenters. The zero-order valence-electron chi connectivity index (χ0n) is 18.6. The van der Waals surface area contributed by atoms with Crippen molar-refractivity contribution < 1.29 is 14.0 Å². The minimum absolute atomic E-state index is 0.166. The fourth-order valence-corrected chi connectivity index (χ4v) is 4.42. The summed E-state index contributed by atoms with van der Waals surface area (Å²) in [5, 5.41) is 13.7. The number of carbonyl (C=O) groups excluding carboxylic acids is 2. The number of rotatable bonds is 5. The molecule has 0 saturated carbocycles. The summed E-state index contributed by atoms with van der Waals surface area (Å²) in [7, 11) is 0. The van der Waals surface area contributed by atoms with E-state index in [1.54, 1.807) is 42.6 Å². The van der Waals surface area contributed by atoms with E-state index in [1.807, 2.05) is 29.7 Å². The molecule has 1 fully saturated rings. The van der Waals surface area contributed by atoms with E-state index < -0.39 is 17.6 Å². The zero-order chi connectivity index (χ0) is 24.1. The fraction of sp³-hybridized carbons (Fsp3) is 0.200. The lowest BCUT2D eigenvalue weighted by Gasteiger charge is -2.28. The Morgan fingerprint density at radius 1 is 1.00 bits per heavy atom. The lowest BCUT2D eigenvalue weighted by molar-refractivity contribution is 0.102. The number of amidine groups is 1. The number of amides is 2. The van der Waals surface area contributed by atoms with Gasteiger partial charge in [0.05, 0.1) is 16.8 Å². The molecule has 174 valence electrons. The van der Waals surface area contributed by atoms with Gasteiger partial charge in [0.2, 0.25) is 0 Å². The molecule has 0 aliphatic carbocycles. The highest BCUT2D eigenvalue weighted by Gasteiger charge is 2.20. The van der Waals surface area contributed by atoms with Crippen molar-refractivity contribution in [2.75, 3.05) is 35.2 Å². The summed E-state index contributed by atoms with van der Waals surface area (Å²) in [6.07, 6.45) is 1.64. The topological polar surface area (TPSA) is 98.2 Å². The predicted octanol–water partition coefficient (Wildman–Crippen LogP) is 4.41. The molecule has 3 N–H and O–H groups in total. The summed E-state index contributed by atoms with van der Waals surface area (Å²) in [5.41, 5.74) is 1.69. The second kappa shape index (κ2) is 10.5. The number of para-hydroxylation sites is 1. The Morgan fingerprint density at radius 3 is 2.44 bits per heavy atom. The SMILES string of the molecule is Cc1ccc(NC(=O)c2ccccc2NC(=O)c2ccc(C(=N)N3CCSCC3)cc2F)nc1. The molecule has 1 aromatic heterocycles. The number of hydrogen-bond acceptors (Lipinski definition) is 5. The molecule has 0 bridgehead atoms. The molecule has 1 saturated heterocycles. The largest absolute Gasteiger partial charge is 0.355 e. The van der Waals surface area contributed by atoms with Crippen LogP contribution in [-0.4, -0.2) is 52.1 Å². The van der Waals surface area contributed by atoms with Crippen LogP contribution < -0.4 is 10.6 Å². The van der Waals surface area contributed by atoms with Gasteiger partial charge in [-0.2, -0.15) is 11.8 Å². The third kappa shape index (κ3) is 5.43. The summed E-state index contributed by atoms with van der Waals surface area (Å²) < 4.78 is 14.8. The fourth-order valence-electron chi connectivity index (χ4n) is 3.52. The van der Waals surface area contributed by atoms with Gasteiger partial charge in [0.1, 0.15) is 17.5 Å². The number of nitrogens with zero attached hydrogens (tertiary/aromatic N) is 2. The van der Waals surface area contributed by atoms with Gasteiger partial charge in [-0.3, -0.25) is 15.0 Å². The van der Waals surface area contributed by atoms with Crippen molar-refractivity contribution >= 4 is 40.9 Å². The first-order chi connectivity index (χ1) is 16.4. The van der Waals surface area contributed by atoms with Crippen LogP contribution in [0, 0.1) is 18.2 Å². The number of thioether (sulfide) groups is 1. The Balaban J connectivity index is 1.49. The lowest BCUT2D eigenvalue weighted by Crippen LogP contribution is -2.38. The van der Waals surface area contributed by atoms with E-state index in [9.17, 15) is 14.0 Å². The van der Waals surface area contributed by atoms with Crippen molar-refractivity contribution in [1.82, 2.24) is 9.88 Å². The zero-order valence-corrected chi connectivity index (χ0v) is 19.4. The maximum atomic E-state index is 14.8. The van der Waals surface area contributed by atoms with E-state index in [0.717, 1.165) is 30.2 Å². The van der Waals surface area contributed by atoms with E-state index in [1.165, 1.54) is 12.1 Å². The molecular formula is C25H24FN5O2S. The molecule has 4 rings (SSSR count). The molecule has 2 aromatic carbocycles. The van der Waals surface area contributed by atoms with E-state index in [0.29, 0.717) is 11.4 Å². The van der Waals surface area contributed by atoms with Crippen LogP contribution in [0.15, 0.2) is 60.8 Å². The molecule has 1 aliphatic heterocycles. The molecule has 0 radical (unpaired) electrons. The van der Waals surface area contributed by atoms with Gasteiger partial charge in [-0.1, -0.05) is 24.3 Å². The van der Waals surface area contributed by atoms with Gasteiger partial charge < -0.3 is 15.5 Å². The monoisotopic (exact) mass is 477 g/mol. The minimum atomic E-state index is -0.725. The summed E-state index contributed by atoms with van der Waals surface area (Å²) in [4.78, 5) is 31.7. The average molecular weight is 478 g/mol. The van der Waals surface area contributed by atoms with Crippen molar-refractivity contribution in [3.63, 3.8) is 0 Å². The molecule has 3 aromatic rings. The molecule has 1 aliphatic rings. The normalized spacial score (nSPS) is 13.3. The second-order valence-electron chi connectivity index (χ2n) is 7.82. The molecule has 2 heterocycles. The first-order valence-electron chi connectivity index (χ1n) is 10.8. The lowest BCUT2D eigenvalue weighted by atomic mass is 10.1. The number of benzene rings is 2. The van der Waals surface area contributed by atoms with Gasteiger partial charge in [0.25, 0.3) is 11.8 Å². The molecule has 34 heavy (non-hydrogen) atoms. The van der Waals surface area contributed by atoms with Gasteiger partial charge in [0, 0.05) is 36.4 Å². The highest BCUT2D eigenvalue weighted by Crippen LogP contribution is 2.20. The smallest absolute Gasteiger partial charge is 0.258 e. The quantitative estimate of drug-likeness (QED) is 0.374.